The van der Waals surface area contributed by atoms with Gasteiger partial charge in [0.1, 0.15) is 49.7 Å². The Bertz CT molecular complexity index is 1590. The summed E-state index contributed by atoms with van der Waals surface area (Å²) in [6.45, 7) is 5.58. The van der Waals surface area contributed by atoms with E-state index in [9.17, 15) is 5.26 Å². The summed E-state index contributed by atoms with van der Waals surface area (Å²) in [6, 6.07) is 21.4. The number of nitrogens with one attached hydrogen (secondary N) is 1. The van der Waals surface area contributed by atoms with Crippen molar-refractivity contribution < 1.29 is 23.7 Å². The molecular weight excluding hydrogens is 554 g/mol. The topological polar surface area (TPSA) is 94.9 Å². The number of nitrogens with zero attached hydrogens (tertiary/aromatic N) is 2. The molecule has 8 nitrogen and oxygen atoms in total. The Morgan fingerprint density at radius 2 is 1.79 bits per heavy atom. The van der Waals surface area contributed by atoms with Gasteiger partial charge in [0, 0.05) is 38.0 Å². The monoisotopic (exact) mass is 585 g/mol. The van der Waals surface area contributed by atoms with Crippen LogP contribution in [0.2, 0.25) is 5.02 Å². The number of halogens is 1. The molecule has 0 amide bonds. The molecular formula is C33H32ClN3O5. The summed E-state index contributed by atoms with van der Waals surface area (Å²) in [5.41, 5.74) is 6.34. The second kappa shape index (κ2) is 14.1. The van der Waals surface area contributed by atoms with Crippen molar-refractivity contribution in [2.75, 3.05) is 33.5 Å². The predicted molar refractivity (Wildman–Crippen MR) is 160 cm³/mol. The second-order valence-corrected chi connectivity index (χ2v) is 10.2. The van der Waals surface area contributed by atoms with Crippen LogP contribution in [0.25, 0.3) is 11.1 Å². The van der Waals surface area contributed by atoms with Crippen molar-refractivity contribution in [3.63, 3.8) is 0 Å². The fourth-order valence-electron chi connectivity index (χ4n) is 4.66. The molecule has 216 valence electrons. The normalized spacial score (nSPS) is 12.0. The maximum absolute atomic E-state index is 9.19. The minimum atomic E-state index is 0.264. The van der Waals surface area contributed by atoms with Crippen LogP contribution in [0, 0.1) is 18.3 Å². The van der Waals surface area contributed by atoms with E-state index in [1.54, 1.807) is 19.4 Å². The quantitative estimate of drug-likeness (QED) is 0.195. The molecule has 0 aliphatic carbocycles. The van der Waals surface area contributed by atoms with Gasteiger partial charge in [-0.15, -0.1) is 0 Å². The summed E-state index contributed by atoms with van der Waals surface area (Å²) in [6.07, 6.45) is 1.60. The molecule has 1 aliphatic heterocycles. The lowest BCUT2D eigenvalue weighted by molar-refractivity contribution is 0.171. The zero-order valence-electron chi connectivity index (χ0n) is 23.6. The first-order chi connectivity index (χ1) is 20.6. The summed E-state index contributed by atoms with van der Waals surface area (Å²) in [4.78, 5) is 4.03. The fourth-order valence-corrected chi connectivity index (χ4v) is 4.90. The predicted octanol–water partition coefficient (Wildman–Crippen LogP) is 6.25. The maximum Gasteiger partial charge on any atom is 0.161 e. The number of hydrogen-bond donors (Lipinski definition) is 1. The van der Waals surface area contributed by atoms with E-state index in [1.807, 2.05) is 48.5 Å². The first-order valence-electron chi connectivity index (χ1n) is 13.7. The van der Waals surface area contributed by atoms with Crippen molar-refractivity contribution in [1.82, 2.24) is 10.3 Å². The van der Waals surface area contributed by atoms with Crippen molar-refractivity contribution in [3.8, 4) is 40.2 Å². The number of aromatic nitrogens is 1. The Kier molecular flexibility index (Phi) is 9.78. The number of rotatable bonds is 12. The summed E-state index contributed by atoms with van der Waals surface area (Å²) in [5.74, 6) is 2.67. The van der Waals surface area contributed by atoms with Crippen LogP contribution in [-0.4, -0.2) is 38.5 Å². The Hall–Kier alpha value is -4.29. The van der Waals surface area contributed by atoms with Gasteiger partial charge in [0.25, 0.3) is 0 Å². The Balaban J connectivity index is 1.35. The molecule has 9 heteroatoms. The van der Waals surface area contributed by atoms with Crippen LogP contribution >= 0.6 is 11.6 Å². The molecule has 1 aliphatic rings. The number of pyridine rings is 1. The van der Waals surface area contributed by atoms with Crippen molar-refractivity contribution in [2.45, 2.75) is 26.7 Å². The van der Waals surface area contributed by atoms with Crippen molar-refractivity contribution >= 4 is 11.6 Å². The number of hydrogen-bond acceptors (Lipinski definition) is 8. The van der Waals surface area contributed by atoms with E-state index in [-0.39, 0.29) is 6.61 Å². The molecule has 42 heavy (non-hydrogen) atoms. The third-order valence-electron chi connectivity index (χ3n) is 6.93. The highest BCUT2D eigenvalue weighted by molar-refractivity contribution is 6.32. The molecule has 5 rings (SSSR count). The van der Waals surface area contributed by atoms with Gasteiger partial charge < -0.3 is 29.0 Å². The average molecular weight is 586 g/mol. The lowest BCUT2D eigenvalue weighted by atomic mass is 9.96. The van der Waals surface area contributed by atoms with Crippen LogP contribution < -0.4 is 24.3 Å². The second-order valence-electron chi connectivity index (χ2n) is 9.75. The molecule has 0 saturated carbocycles. The summed E-state index contributed by atoms with van der Waals surface area (Å²) in [7, 11) is 1.66. The lowest BCUT2D eigenvalue weighted by Crippen LogP contribution is -2.19. The number of ether oxygens (including phenoxy) is 5. The summed E-state index contributed by atoms with van der Waals surface area (Å²) < 4.78 is 29.1. The minimum Gasteiger partial charge on any atom is -0.488 e. The molecule has 1 aromatic heterocycles. The smallest absolute Gasteiger partial charge is 0.161 e. The largest absolute Gasteiger partial charge is 0.488 e. The van der Waals surface area contributed by atoms with Crippen LogP contribution in [0.5, 0.6) is 23.0 Å². The van der Waals surface area contributed by atoms with Gasteiger partial charge in [-0.25, -0.2) is 4.98 Å². The molecule has 0 unspecified atom stereocenters. The molecule has 4 aromatic rings. The van der Waals surface area contributed by atoms with Gasteiger partial charge in [0.15, 0.2) is 11.5 Å². The number of nitriles is 1. The average Bonchev–Trinajstić information content (AvgIpc) is 3.02. The third-order valence-corrected chi connectivity index (χ3v) is 7.22. The van der Waals surface area contributed by atoms with Gasteiger partial charge in [-0.2, -0.15) is 5.26 Å². The molecule has 0 bridgehead atoms. The van der Waals surface area contributed by atoms with Gasteiger partial charge >= 0.3 is 0 Å². The molecule has 0 saturated heterocycles. The zero-order valence-corrected chi connectivity index (χ0v) is 24.4. The molecule has 3 aromatic carbocycles. The van der Waals surface area contributed by atoms with E-state index < -0.39 is 0 Å². The highest BCUT2D eigenvalue weighted by atomic mass is 35.5. The van der Waals surface area contributed by atoms with Crippen LogP contribution in [0.4, 0.5) is 0 Å². The van der Waals surface area contributed by atoms with Gasteiger partial charge in [0.2, 0.25) is 0 Å². The number of methoxy groups -OCH3 is 1. The van der Waals surface area contributed by atoms with Gasteiger partial charge in [-0.3, -0.25) is 0 Å². The van der Waals surface area contributed by atoms with Gasteiger partial charge in [-0.1, -0.05) is 35.9 Å². The first-order valence-corrected chi connectivity index (χ1v) is 14.0. The van der Waals surface area contributed by atoms with Crippen molar-refractivity contribution in [2.24, 2.45) is 0 Å². The SMILES string of the molecule is COCCNCc1cc(Cl)c(OCc2cccc(-c3ccc4c(c3)OCCO4)c2C)cc1OCc1ccnc(C#N)c1. The Labute approximate surface area is 250 Å². The van der Waals surface area contributed by atoms with Crippen molar-refractivity contribution in [1.29, 1.82) is 5.26 Å². The Morgan fingerprint density at radius 3 is 2.62 bits per heavy atom. The third kappa shape index (κ3) is 7.12. The van der Waals surface area contributed by atoms with Crippen LogP contribution in [0.15, 0.2) is 66.9 Å². The standard InChI is InChI=1S/C33H32ClN3O5/c1-22-25(4-3-5-28(22)24-6-7-30-33(16-24)40-13-12-39-30)21-42-32-17-31(26(15-29(32)34)19-36-10-11-38-2)41-20-23-8-9-37-27(14-23)18-35/h3-9,14-17,36H,10-13,19-21H2,1-2H3. The van der Waals surface area contributed by atoms with Crippen molar-refractivity contribution in [3.05, 3.63) is 99.8 Å². The summed E-state index contributed by atoms with van der Waals surface area (Å²) in [5, 5.41) is 13.0. The molecule has 1 N–H and O–H groups in total. The van der Waals surface area contributed by atoms with Crippen LogP contribution in [-0.2, 0) is 24.5 Å². The summed E-state index contributed by atoms with van der Waals surface area (Å²) >= 11 is 6.70. The fraction of sp³-hybridized carbons (Fsp3) is 0.273. The van der Waals surface area contributed by atoms with E-state index in [0.717, 1.165) is 44.9 Å². The van der Waals surface area contributed by atoms with E-state index in [2.05, 4.69) is 29.4 Å². The van der Waals surface area contributed by atoms with Gasteiger partial charge in [0.05, 0.1) is 11.6 Å². The number of benzene rings is 3. The molecule has 0 fully saturated rings. The van der Waals surface area contributed by atoms with E-state index in [0.29, 0.717) is 61.7 Å². The maximum atomic E-state index is 9.19. The zero-order chi connectivity index (χ0) is 29.3. The van der Waals surface area contributed by atoms with Crippen LogP contribution in [0.1, 0.15) is 27.9 Å². The minimum absolute atomic E-state index is 0.264. The molecule has 0 radical (unpaired) electrons. The lowest BCUT2D eigenvalue weighted by Gasteiger charge is -2.20. The molecule has 2 heterocycles. The van der Waals surface area contributed by atoms with Crippen LogP contribution in [0.3, 0.4) is 0 Å². The molecule has 0 spiro atoms. The first kappa shape index (κ1) is 29.2. The number of fused-ring (bicyclic) bond motifs is 1. The van der Waals surface area contributed by atoms with Gasteiger partial charge in [-0.05, 0) is 65.1 Å². The highest BCUT2D eigenvalue weighted by Gasteiger charge is 2.16. The highest BCUT2D eigenvalue weighted by Crippen LogP contribution is 2.37. The van der Waals surface area contributed by atoms with E-state index in [1.165, 1.54) is 0 Å². The Morgan fingerprint density at radius 1 is 0.952 bits per heavy atom. The van der Waals surface area contributed by atoms with E-state index in [4.69, 9.17) is 35.3 Å². The molecule has 0 atom stereocenters. The van der Waals surface area contributed by atoms with E-state index >= 15 is 0 Å².